The smallest absolute Gasteiger partial charge is 0.328 e. The number of hydrogen-bond acceptors (Lipinski definition) is 7. The number of para-hydroxylation sites is 1. The predicted octanol–water partition coefficient (Wildman–Crippen LogP) is 3.93. The minimum atomic E-state index is -1.20. The van der Waals surface area contributed by atoms with Gasteiger partial charge in [0.2, 0.25) is 5.91 Å². The van der Waals surface area contributed by atoms with Crippen molar-refractivity contribution in [2.75, 3.05) is 20.8 Å². The molecule has 8 heteroatoms. The molecule has 0 radical (unpaired) electrons. The Labute approximate surface area is 217 Å². The second-order valence-electron chi connectivity index (χ2n) is 9.92. The fourth-order valence-electron chi connectivity index (χ4n) is 4.92. The van der Waals surface area contributed by atoms with Gasteiger partial charge in [-0.1, -0.05) is 44.2 Å². The average molecular weight is 506 g/mol. The molecule has 1 fully saturated rings. The van der Waals surface area contributed by atoms with Crippen molar-refractivity contribution in [3.05, 3.63) is 71.4 Å². The number of amides is 1. The molecule has 0 saturated carbocycles. The fraction of sp³-hybridized carbons (Fsp3) is 0.414. The van der Waals surface area contributed by atoms with Gasteiger partial charge in [-0.05, 0) is 48.6 Å². The molecule has 3 aromatic rings. The summed E-state index contributed by atoms with van der Waals surface area (Å²) in [5.41, 5.74) is 8.88. The Morgan fingerprint density at radius 3 is 2.51 bits per heavy atom. The van der Waals surface area contributed by atoms with Gasteiger partial charge in [0, 0.05) is 24.6 Å². The number of nitrogens with zero attached hydrogens (tertiary/aromatic N) is 2. The zero-order chi connectivity index (χ0) is 26.6. The van der Waals surface area contributed by atoms with E-state index in [1.54, 1.807) is 12.0 Å². The third-order valence-corrected chi connectivity index (χ3v) is 6.84. The Kier molecular flexibility index (Phi) is 8.10. The first kappa shape index (κ1) is 26.6. The third kappa shape index (κ3) is 5.60. The van der Waals surface area contributed by atoms with E-state index in [0.717, 1.165) is 22.2 Å². The first-order valence-electron chi connectivity index (χ1n) is 12.5. The van der Waals surface area contributed by atoms with Gasteiger partial charge in [0.25, 0.3) is 0 Å². The van der Waals surface area contributed by atoms with E-state index in [-0.39, 0.29) is 11.8 Å². The van der Waals surface area contributed by atoms with Crippen LogP contribution < -0.4 is 10.5 Å². The standard InChI is InChI=1S/C29H35N3O5/c1-19(2)15-26(27(33)36-4)32-14-13-29(30,28(32)34)21-9-11-23(12-10-21)37-17-20-16-22(18-35-3)31-25-8-6-5-7-24(20)25/h5-12,16,19,26H,13-15,17-18,30H2,1-4H3/t26-,29-/m1/s1. The van der Waals surface area contributed by atoms with E-state index < -0.39 is 17.6 Å². The van der Waals surface area contributed by atoms with E-state index >= 15 is 0 Å². The highest BCUT2D eigenvalue weighted by atomic mass is 16.5. The SMILES string of the molecule is COCc1cc(COc2ccc([C@]3(N)CCN([C@H](CC(C)C)C(=O)OC)C3=O)cc2)c2ccccc2n1. The number of pyridine rings is 1. The minimum absolute atomic E-state index is 0.226. The maximum atomic E-state index is 13.4. The summed E-state index contributed by atoms with van der Waals surface area (Å²) in [5.74, 6) is 0.221. The van der Waals surface area contributed by atoms with Crippen LogP contribution in [-0.2, 0) is 37.8 Å². The molecule has 0 bridgehead atoms. The minimum Gasteiger partial charge on any atom is -0.489 e. The predicted molar refractivity (Wildman–Crippen MR) is 141 cm³/mol. The number of methoxy groups -OCH3 is 2. The molecule has 1 amide bonds. The molecule has 4 rings (SSSR count). The molecule has 2 aromatic carbocycles. The molecule has 2 atom stereocenters. The normalized spacial score (nSPS) is 18.4. The Morgan fingerprint density at radius 1 is 1.11 bits per heavy atom. The zero-order valence-electron chi connectivity index (χ0n) is 21.9. The van der Waals surface area contributed by atoms with Crippen LogP contribution >= 0.6 is 0 Å². The van der Waals surface area contributed by atoms with Gasteiger partial charge in [-0.25, -0.2) is 4.79 Å². The number of likely N-dealkylation sites (tertiary alicyclic amines) is 1. The molecule has 37 heavy (non-hydrogen) atoms. The number of rotatable bonds is 10. The summed E-state index contributed by atoms with van der Waals surface area (Å²) in [6, 6.07) is 16.6. The summed E-state index contributed by atoms with van der Waals surface area (Å²) >= 11 is 0. The lowest BCUT2D eigenvalue weighted by atomic mass is 9.89. The number of benzene rings is 2. The lowest BCUT2D eigenvalue weighted by molar-refractivity contribution is -0.153. The second kappa shape index (κ2) is 11.3. The van der Waals surface area contributed by atoms with E-state index in [1.165, 1.54) is 7.11 Å². The van der Waals surface area contributed by atoms with Crippen LogP contribution in [0.15, 0.2) is 54.6 Å². The van der Waals surface area contributed by atoms with Gasteiger partial charge in [-0.3, -0.25) is 9.78 Å². The van der Waals surface area contributed by atoms with Crippen molar-refractivity contribution in [3.63, 3.8) is 0 Å². The number of fused-ring (bicyclic) bond motifs is 1. The summed E-state index contributed by atoms with van der Waals surface area (Å²) in [4.78, 5) is 32.1. The van der Waals surface area contributed by atoms with Gasteiger partial charge < -0.3 is 24.8 Å². The molecule has 0 spiro atoms. The molecular formula is C29H35N3O5. The van der Waals surface area contributed by atoms with E-state index in [4.69, 9.17) is 19.9 Å². The van der Waals surface area contributed by atoms with E-state index in [2.05, 4.69) is 4.98 Å². The molecule has 1 aliphatic heterocycles. The van der Waals surface area contributed by atoms with Gasteiger partial charge in [0.05, 0.1) is 24.9 Å². The fourth-order valence-corrected chi connectivity index (χ4v) is 4.92. The van der Waals surface area contributed by atoms with Gasteiger partial charge >= 0.3 is 5.97 Å². The lowest BCUT2D eigenvalue weighted by Gasteiger charge is -2.29. The third-order valence-electron chi connectivity index (χ3n) is 6.84. The van der Waals surface area contributed by atoms with Crippen molar-refractivity contribution in [1.29, 1.82) is 0 Å². The van der Waals surface area contributed by atoms with Gasteiger partial charge in [-0.2, -0.15) is 0 Å². The highest BCUT2D eigenvalue weighted by Crippen LogP contribution is 2.34. The first-order valence-corrected chi connectivity index (χ1v) is 12.5. The molecule has 196 valence electrons. The number of aromatic nitrogens is 1. The number of nitrogens with two attached hydrogens (primary N) is 1. The maximum absolute atomic E-state index is 13.4. The number of hydrogen-bond donors (Lipinski definition) is 1. The summed E-state index contributed by atoms with van der Waals surface area (Å²) in [7, 11) is 2.99. The largest absolute Gasteiger partial charge is 0.489 e. The topological polar surface area (TPSA) is 104 Å². The summed E-state index contributed by atoms with van der Waals surface area (Å²) in [6.07, 6.45) is 0.944. The quantitative estimate of drug-likeness (QED) is 0.416. The molecular weight excluding hydrogens is 470 g/mol. The van der Waals surface area contributed by atoms with Crippen molar-refractivity contribution in [2.24, 2.45) is 11.7 Å². The van der Waals surface area contributed by atoms with Gasteiger partial charge in [0.15, 0.2) is 0 Å². The van der Waals surface area contributed by atoms with Crippen molar-refractivity contribution >= 4 is 22.8 Å². The van der Waals surface area contributed by atoms with E-state index in [0.29, 0.717) is 43.9 Å². The molecule has 8 nitrogen and oxygen atoms in total. The van der Waals surface area contributed by atoms with Gasteiger partial charge in [0.1, 0.15) is 23.9 Å². The highest BCUT2D eigenvalue weighted by Gasteiger charge is 2.48. The second-order valence-corrected chi connectivity index (χ2v) is 9.92. The Hall–Kier alpha value is -3.49. The summed E-state index contributed by atoms with van der Waals surface area (Å²) < 4.78 is 16.3. The van der Waals surface area contributed by atoms with Crippen LogP contribution in [0.1, 0.15) is 43.5 Å². The Bertz CT molecular complexity index is 1260. The molecule has 0 aliphatic carbocycles. The van der Waals surface area contributed by atoms with Crippen molar-refractivity contribution in [3.8, 4) is 5.75 Å². The number of carbonyl (C=O) groups is 2. The molecule has 2 N–H and O–H groups in total. The lowest BCUT2D eigenvalue weighted by Crippen LogP contribution is -2.50. The monoisotopic (exact) mass is 505 g/mol. The van der Waals surface area contributed by atoms with Crippen LogP contribution in [-0.4, -0.2) is 48.6 Å². The van der Waals surface area contributed by atoms with Crippen molar-refractivity contribution in [1.82, 2.24) is 9.88 Å². The van der Waals surface area contributed by atoms with Crippen LogP contribution in [0, 0.1) is 5.92 Å². The Balaban J connectivity index is 1.49. The molecule has 1 aromatic heterocycles. The average Bonchev–Trinajstić information content (AvgIpc) is 3.20. The number of carbonyl (C=O) groups excluding carboxylic acids is 2. The molecule has 1 saturated heterocycles. The van der Waals surface area contributed by atoms with Crippen LogP contribution in [0.2, 0.25) is 0 Å². The van der Waals surface area contributed by atoms with Gasteiger partial charge in [-0.15, -0.1) is 0 Å². The van der Waals surface area contributed by atoms with Crippen molar-refractivity contribution in [2.45, 2.75) is 51.5 Å². The number of esters is 1. The van der Waals surface area contributed by atoms with Crippen molar-refractivity contribution < 1.29 is 23.8 Å². The molecule has 1 aliphatic rings. The summed E-state index contributed by atoms with van der Waals surface area (Å²) in [5, 5.41) is 1.03. The molecule has 0 unspecified atom stereocenters. The van der Waals surface area contributed by atoms with Crippen LogP contribution in [0.3, 0.4) is 0 Å². The molecule has 2 heterocycles. The zero-order valence-corrected chi connectivity index (χ0v) is 21.9. The first-order chi connectivity index (χ1) is 17.8. The number of ether oxygens (including phenoxy) is 3. The summed E-state index contributed by atoms with van der Waals surface area (Å²) in [6.45, 7) is 5.20. The maximum Gasteiger partial charge on any atom is 0.328 e. The van der Waals surface area contributed by atoms with Crippen LogP contribution in [0.25, 0.3) is 10.9 Å². The van der Waals surface area contributed by atoms with E-state index in [9.17, 15) is 9.59 Å². The van der Waals surface area contributed by atoms with E-state index in [1.807, 2.05) is 68.4 Å². The van der Waals surface area contributed by atoms with Crippen LogP contribution in [0.4, 0.5) is 0 Å². The highest BCUT2D eigenvalue weighted by molar-refractivity contribution is 5.93. The van der Waals surface area contributed by atoms with Crippen LogP contribution in [0.5, 0.6) is 5.75 Å². The Morgan fingerprint density at radius 2 is 1.84 bits per heavy atom.